The first-order valence-corrected chi connectivity index (χ1v) is 8.08. The number of carboxylic acid groups (broad SMARTS) is 1. The lowest BCUT2D eigenvalue weighted by molar-refractivity contribution is -0.137. The first kappa shape index (κ1) is 14.5. The van der Waals surface area contributed by atoms with Gasteiger partial charge in [-0.15, -0.1) is 11.3 Å². The van der Waals surface area contributed by atoms with E-state index in [1.54, 1.807) is 0 Å². The van der Waals surface area contributed by atoms with Crippen LogP contribution in [0.5, 0.6) is 0 Å². The Kier molecular flexibility index (Phi) is 5.40. The molecule has 0 amide bonds. The molecule has 19 heavy (non-hydrogen) atoms. The zero-order valence-corrected chi connectivity index (χ0v) is 12.4. The van der Waals surface area contributed by atoms with Gasteiger partial charge in [-0.1, -0.05) is 13.0 Å². The number of piperidine rings is 1. The monoisotopic (exact) mass is 281 g/mol. The maximum Gasteiger partial charge on any atom is 0.303 e. The molecule has 0 bridgehead atoms. The SMILES string of the molecule is CCC(c1cccs1)N1CCC(CCC(=O)O)CC1. The molecule has 3 nitrogen and oxygen atoms in total. The van der Waals surface area contributed by atoms with Gasteiger partial charge in [0.1, 0.15) is 0 Å². The number of likely N-dealkylation sites (tertiary alicyclic amines) is 1. The van der Waals surface area contributed by atoms with Gasteiger partial charge in [0.15, 0.2) is 0 Å². The first-order valence-electron chi connectivity index (χ1n) is 7.20. The average molecular weight is 281 g/mol. The largest absolute Gasteiger partial charge is 0.481 e. The van der Waals surface area contributed by atoms with Gasteiger partial charge < -0.3 is 5.11 Å². The van der Waals surface area contributed by atoms with Crippen LogP contribution in [0.2, 0.25) is 0 Å². The Labute approximate surface area is 119 Å². The number of nitrogens with zero attached hydrogens (tertiary/aromatic N) is 1. The van der Waals surface area contributed by atoms with Crippen LogP contribution < -0.4 is 0 Å². The van der Waals surface area contributed by atoms with Crippen LogP contribution in [0.25, 0.3) is 0 Å². The Balaban J connectivity index is 1.83. The van der Waals surface area contributed by atoms with Crippen molar-refractivity contribution in [3.63, 3.8) is 0 Å². The summed E-state index contributed by atoms with van der Waals surface area (Å²) in [5.74, 6) is -0.0550. The summed E-state index contributed by atoms with van der Waals surface area (Å²) in [5.41, 5.74) is 0. The molecule has 1 aliphatic rings. The predicted molar refractivity (Wildman–Crippen MR) is 78.5 cm³/mol. The molecule has 106 valence electrons. The van der Waals surface area contributed by atoms with E-state index in [4.69, 9.17) is 5.11 Å². The third-order valence-electron chi connectivity index (χ3n) is 4.11. The highest BCUT2D eigenvalue weighted by Gasteiger charge is 2.25. The number of carbonyl (C=O) groups is 1. The van der Waals surface area contributed by atoms with Crippen molar-refractivity contribution in [2.45, 2.75) is 45.1 Å². The molecule has 0 aromatic carbocycles. The predicted octanol–water partition coefficient (Wildman–Crippen LogP) is 3.78. The van der Waals surface area contributed by atoms with E-state index >= 15 is 0 Å². The molecule has 0 spiro atoms. The summed E-state index contributed by atoms with van der Waals surface area (Å²) in [5, 5.41) is 10.9. The molecule has 0 saturated carbocycles. The van der Waals surface area contributed by atoms with Crippen molar-refractivity contribution in [2.24, 2.45) is 5.92 Å². The Morgan fingerprint density at radius 1 is 1.53 bits per heavy atom. The molecular formula is C15H23NO2S. The molecule has 0 radical (unpaired) electrons. The molecule has 1 unspecified atom stereocenters. The van der Waals surface area contributed by atoms with Crippen LogP contribution in [0.1, 0.15) is 49.9 Å². The lowest BCUT2D eigenvalue weighted by atomic mass is 9.91. The zero-order valence-electron chi connectivity index (χ0n) is 11.5. The lowest BCUT2D eigenvalue weighted by Crippen LogP contribution is -2.36. The molecule has 0 aliphatic carbocycles. The van der Waals surface area contributed by atoms with Gasteiger partial charge in [-0.25, -0.2) is 0 Å². The number of aliphatic carboxylic acids is 1. The quantitative estimate of drug-likeness (QED) is 0.862. The summed E-state index contributed by atoms with van der Waals surface area (Å²) in [6, 6.07) is 4.91. The minimum atomic E-state index is -0.660. The fourth-order valence-corrected chi connectivity index (χ4v) is 3.95. The molecule has 1 atom stereocenters. The molecule has 4 heteroatoms. The fourth-order valence-electron chi connectivity index (χ4n) is 3.00. The third kappa shape index (κ3) is 4.05. The Morgan fingerprint density at radius 3 is 2.79 bits per heavy atom. The van der Waals surface area contributed by atoms with Crippen LogP contribution in [0.3, 0.4) is 0 Å². The maximum atomic E-state index is 10.6. The molecule has 1 aromatic heterocycles. The Hall–Kier alpha value is -0.870. The Bertz CT molecular complexity index is 383. The van der Waals surface area contributed by atoms with Crippen molar-refractivity contribution >= 4 is 17.3 Å². The van der Waals surface area contributed by atoms with E-state index in [0.29, 0.717) is 18.4 Å². The van der Waals surface area contributed by atoms with E-state index in [9.17, 15) is 4.79 Å². The standard InChI is InChI=1S/C15H23NO2S/c1-2-13(14-4-3-11-19-14)16-9-7-12(8-10-16)5-6-15(17)18/h3-4,11-13H,2,5-10H2,1H3,(H,17,18). The van der Waals surface area contributed by atoms with E-state index in [1.165, 1.54) is 4.88 Å². The maximum absolute atomic E-state index is 10.6. The lowest BCUT2D eigenvalue weighted by Gasteiger charge is -2.36. The van der Waals surface area contributed by atoms with Gasteiger partial charge in [-0.3, -0.25) is 9.69 Å². The van der Waals surface area contributed by atoms with E-state index in [0.717, 1.165) is 38.8 Å². The van der Waals surface area contributed by atoms with Crippen LogP contribution in [0, 0.1) is 5.92 Å². The Morgan fingerprint density at radius 2 is 2.26 bits per heavy atom. The minimum Gasteiger partial charge on any atom is -0.481 e. The second kappa shape index (κ2) is 7.06. The normalized spacial score (nSPS) is 19.4. The smallest absolute Gasteiger partial charge is 0.303 e. The van der Waals surface area contributed by atoms with Crippen LogP contribution in [0.4, 0.5) is 0 Å². The molecule has 1 aliphatic heterocycles. The molecule has 1 fully saturated rings. The number of hydrogen-bond acceptors (Lipinski definition) is 3. The van der Waals surface area contributed by atoms with Crippen molar-refractivity contribution in [2.75, 3.05) is 13.1 Å². The highest BCUT2D eigenvalue weighted by atomic mass is 32.1. The second-order valence-corrected chi connectivity index (χ2v) is 6.33. The summed E-state index contributed by atoms with van der Waals surface area (Å²) < 4.78 is 0. The van der Waals surface area contributed by atoms with Crippen molar-refractivity contribution < 1.29 is 9.90 Å². The minimum absolute atomic E-state index is 0.326. The first-order chi connectivity index (χ1) is 9.20. The van der Waals surface area contributed by atoms with Crippen molar-refractivity contribution in [3.05, 3.63) is 22.4 Å². The molecule has 2 heterocycles. The molecule has 2 rings (SSSR count). The number of hydrogen-bond donors (Lipinski definition) is 1. The molecule has 1 saturated heterocycles. The van der Waals surface area contributed by atoms with Crippen molar-refractivity contribution in [1.29, 1.82) is 0 Å². The summed E-state index contributed by atoms with van der Waals surface area (Å²) in [4.78, 5) is 14.6. The number of rotatable bonds is 6. The van der Waals surface area contributed by atoms with Gasteiger partial charge in [0, 0.05) is 17.3 Å². The van der Waals surface area contributed by atoms with Gasteiger partial charge in [0.2, 0.25) is 0 Å². The summed E-state index contributed by atoms with van der Waals surface area (Å²) in [6.45, 7) is 4.47. The van der Waals surface area contributed by atoms with Crippen molar-refractivity contribution in [1.82, 2.24) is 4.90 Å². The fraction of sp³-hybridized carbons (Fsp3) is 0.667. The summed E-state index contributed by atoms with van der Waals surface area (Å²) in [6.07, 6.45) is 4.62. The topological polar surface area (TPSA) is 40.5 Å². The third-order valence-corrected chi connectivity index (χ3v) is 5.09. The highest BCUT2D eigenvalue weighted by Crippen LogP contribution is 2.32. The van der Waals surface area contributed by atoms with Gasteiger partial charge >= 0.3 is 5.97 Å². The molecule has 1 N–H and O–H groups in total. The van der Waals surface area contributed by atoms with Crippen LogP contribution in [-0.4, -0.2) is 29.1 Å². The second-order valence-electron chi connectivity index (χ2n) is 5.35. The van der Waals surface area contributed by atoms with E-state index in [1.807, 2.05) is 11.3 Å². The number of carboxylic acids is 1. The van der Waals surface area contributed by atoms with Gasteiger partial charge in [0.05, 0.1) is 0 Å². The van der Waals surface area contributed by atoms with Crippen molar-refractivity contribution in [3.8, 4) is 0 Å². The summed E-state index contributed by atoms with van der Waals surface area (Å²) >= 11 is 1.84. The van der Waals surface area contributed by atoms with Gasteiger partial charge in [0.25, 0.3) is 0 Å². The van der Waals surface area contributed by atoms with E-state index in [2.05, 4.69) is 29.3 Å². The van der Waals surface area contributed by atoms with Crippen LogP contribution in [0.15, 0.2) is 17.5 Å². The number of thiophene rings is 1. The van der Waals surface area contributed by atoms with E-state index < -0.39 is 5.97 Å². The highest BCUT2D eigenvalue weighted by molar-refractivity contribution is 7.10. The molecule has 1 aromatic rings. The van der Waals surface area contributed by atoms with Crippen LogP contribution in [-0.2, 0) is 4.79 Å². The van der Waals surface area contributed by atoms with Gasteiger partial charge in [-0.05, 0) is 56.1 Å². The van der Waals surface area contributed by atoms with Gasteiger partial charge in [-0.2, -0.15) is 0 Å². The zero-order chi connectivity index (χ0) is 13.7. The average Bonchev–Trinajstić information content (AvgIpc) is 2.92. The van der Waals surface area contributed by atoms with E-state index in [-0.39, 0.29) is 0 Å². The van der Waals surface area contributed by atoms with Crippen LogP contribution >= 0.6 is 11.3 Å². The summed E-state index contributed by atoms with van der Waals surface area (Å²) in [7, 11) is 0. The molecular weight excluding hydrogens is 258 g/mol.